The first kappa shape index (κ1) is 17.6. The van der Waals surface area contributed by atoms with Gasteiger partial charge in [0.25, 0.3) is 0 Å². The van der Waals surface area contributed by atoms with E-state index in [0.717, 1.165) is 23.2 Å². The maximum Gasteiger partial charge on any atom is 0.191 e. The molecular formula is C12H23IN4S. The van der Waals surface area contributed by atoms with Gasteiger partial charge in [-0.15, -0.1) is 35.3 Å². The Labute approximate surface area is 131 Å². The van der Waals surface area contributed by atoms with Gasteiger partial charge in [0.05, 0.1) is 12.2 Å². The summed E-state index contributed by atoms with van der Waals surface area (Å²) in [5, 5.41) is 7.68. The van der Waals surface area contributed by atoms with E-state index in [2.05, 4.69) is 48.3 Å². The lowest BCUT2D eigenvalue weighted by Gasteiger charge is -2.23. The number of aliphatic imine (C=N–C) groups is 1. The van der Waals surface area contributed by atoms with Crippen LogP contribution in [0.4, 0.5) is 0 Å². The van der Waals surface area contributed by atoms with Crippen molar-refractivity contribution in [2.24, 2.45) is 4.99 Å². The van der Waals surface area contributed by atoms with E-state index in [4.69, 9.17) is 0 Å². The fraction of sp³-hybridized carbons (Fsp3) is 0.667. The first-order valence-electron chi connectivity index (χ1n) is 5.73. The summed E-state index contributed by atoms with van der Waals surface area (Å²) in [6, 6.07) is 0. The molecular weight excluding hydrogens is 359 g/mol. The second-order valence-electron chi connectivity index (χ2n) is 5.05. The topological polar surface area (TPSA) is 49.3 Å². The minimum atomic E-state index is 0. The molecule has 1 aromatic rings. The van der Waals surface area contributed by atoms with Gasteiger partial charge in [-0.2, -0.15) is 0 Å². The van der Waals surface area contributed by atoms with Crippen molar-refractivity contribution in [3.8, 4) is 0 Å². The molecule has 0 amide bonds. The number of rotatable bonds is 2. The smallest absolute Gasteiger partial charge is 0.191 e. The Morgan fingerprint density at radius 3 is 2.33 bits per heavy atom. The number of hydrogen-bond donors (Lipinski definition) is 2. The second-order valence-corrected chi connectivity index (χ2v) is 6.34. The van der Waals surface area contributed by atoms with Crippen molar-refractivity contribution in [2.45, 2.75) is 46.7 Å². The zero-order valence-corrected chi connectivity index (χ0v) is 15.1. The summed E-state index contributed by atoms with van der Waals surface area (Å²) in [5.74, 6) is 0.808. The van der Waals surface area contributed by atoms with Crippen molar-refractivity contribution in [1.29, 1.82) is 0 Å². The van der Waals surface area contributed by atoms with Gasteiger partial charge in [-0.1, -0.05) is 0 Å². The van der Waals surface area contributed by atoms with E-state index in [1.165, 1.54) is 4.88 Å². The first-order valence-corrected chi connectivity index (χ1v) is 6.55. The number of halogens is 1. The molecule has 0 saturated heterocycles. The van der Waals surface area contributed by atoms with Gasteiger partial charge in [0.1, 0.15) is 5.01 Å². The third kappa shape index (κ3) is 5.99. The number of aromatic nitrogens is 1. The number of hydrogen-bond acceptors (Lipinski definition) is 3. The lowest BCUT2D eigenvalue weighted by molar-refractivity contribution is 0.501. The number of nitrogens with zero attached hydrogens (tertiary/aromatic N) is 2. The van der Waals surface area contributed by atoms with Crippen LogP contribution in [0, 0.1) is 13.8 Å². The Bertz CT molecular complexity index is 387. The van der Waals surface area contributed by atoms with Crippen molar-refractivity contribution in [3.63, 3.8) is 0 Å². The molecule has 0 spiro atoms. The number of nitrogens with one attached hydrogen (secondary N) is 2. The zero-order chi connectivity index (χ0) is 13.1. The van der Waals surface area contributed by atoms with Gasteiger partial charge < -0.3 is 10.6 Å². The molecule has 0 saturated carbocycles. The van der Waals surface area contributed by atoms with Crippen LogP contribution >= 0.6 is 35.3 Å². The Hall–Kier alpha value is -0.370. The monoisotopic (exact) mass is 382 g/mol. The molecule has 0 unspecified atom stereocenters. The van der Waals surface area contributed by atoms with Gasteiger partial charge in [-0.05, 0) is 34.6 Å². The van der Waals surface area contributed by atoms with Gasteiger partial charge in [0.2, 0.25) is 0 Å². The standard InChI is InChI=1S/C12H22N4S.HI/c1-8-9(2)17-10(15-8)7-14-11(13-6)16-12(3,4)5;/h7H2,1-6H3,(H2,13,14,16);1H. The minimum Gasteiger partial charge on any atom is -0.352 e. The van der Waals surface area contributed by atoms with E-state index < -0.39 is 0 Å². The van der Waals surface area contributed by atoms with Gasteiger partial charge in [0, 0.05) is 17.5 Å². The zero-order valence-electron chi connectivity index (χ0n) is 11.9. The molecule has 104 valence electrons. The lowest BCUT2D eigenvalue weighted by atomic mass is 10.1. The Morgan fingerprint density at radius 1 is 1.33 bits per heavy atom. The van der Waals surface area contributed by atoms with E-state index in [-0.39, 0.29) is 29.5 Å². The molecule has 1 heterocycles. The van der Waals surface area contributed by atoms with E-state index in [1.807, 2.05) is 6.92 Å². The average molecular weight is 382 g/mol. The van der Waals surface area contributed by atoms with Crippen LogP contribution in [0.25, 0.3) is 0 Å². The Kier molecular flexibility index (Phi) is 7.13. The summed E-state index contributed by atoms with van der Waals surface area (Å²) in [7, 11) is 1.78. The van der Waals surface area contributed by atoms with Gasteiger partial charge in [-0.25, -0.2) is 4.98 Å². The highest BCUT2D eigenvalue weighted by Crippen LogP contribution is 2.15. The number of aryl methyl sites for hydroxylation is 2. The molecule has 0 aliphatic rings. The van der Waals surface area contributed by atoms with Crippen LogP contribution in [0.2, 0.25) is 0 Å². The molecule has 1 aromatic heterocycles. The molecule has 4 nitrogen and oxygen atoms in total. The van der Waals surface area contributed by atoms with Gasteiger partial charge >= 0.3 is 0 Å². The molecule has 0 fully saturated rings. The number of thiazole rings is 1. The van der Waals surface area contributed by atoms with Crippen LogP contribution < -0.4 is 10.6 Å². The van der Waals surface area contributed by atoms with Gasteiger partial charge in [0.15, 0.2) is 5.96 Å². The van der Waals surface area contributed by atoms with Crippen LogP contribution in [-0.4, -0.2) is 23.5 Å². The van der Waals surface area contributed by atoms with Crippen molar-refractivity contribution in [3.05, 3.63) is 15.6 Å². The lowest BCUT2D eigenvalue weighted by Crippen LogP contribution is -2.47. The fourth-order valence-corrected chi connectivity index (χ4v) is 2.18. The van der Waals surface area contributed by atoms with Crippen molar-refractivity contribution in [1.82, 2.24) is 15.6 Å². The summed E-state index contributed by atoms with van der Waals surface area (Å²) >= 11 is 1.73. The van der Waals surface area contributed by atoms with E-state index >= 15 is 0 Å². The van der Waals surface area contributed by atoms with Crippen LogP contribution in [0.3, 0.4) is 0 Å². The molecule has 6 heteroatoms. The summed E-state index contributed by atoms with van der Waals surface area (Å²) in [4.78, 5) is 9.95. The second kappa shape index (κ2) is 7.28. The highest BCUT2D eigenvalue weighted by molar-refractivity contribution is 14.0. The van der Waals surface area contributed by atoms with Crippen molar-refractivity contribution >= 4 is 41.3 Å². The van der Waals surface area contributed by atoms with Crippen LogP contribution in [0.5, 0.6) is 0 Å². The highest BCUT2D eigenvalue weighted by Gasteiger charge is 2.12. The molecule has 2 N–H and O–H groups in total. The molecule has 1 rings (SSSR count). The van der Waals surface area contributed by atoms with Crippen LogP contribution in [0.1, 0.15) is 36.3 Å². The largest absolute Gasteiger partial charge is 0.352 e. The summed E-state index contributed by atoms with van der Waals surface area (Å²) < 4.78 is 0. The quantitative estimate of drug-likeness (QED) is 0.470. The Morgan fingerprint density at radius 2 is 1.94 bits per heavy atom. The maximum atomic E-state index is 4.49. The predicted molar refractivity (Wildman–Crippen MR) is 90.1 cm³/mol. The molecule has 0 aromatic carbocycles. The fourth-order valence-electron chi connectivity index (χ4n) is 1.31. The minimum absolute atomic E-state index is 0. The summed E-state index contributed by atoms with van der Waals surface area (Å²) in [5.41, 5.74) is 1.13. The van der Waals surface area contributed by atoms with E-state index in [0.29, 0.717) is 0 Å². The van der Waals surface area contributed by atoms with Gasteiger partial charge in [-0.3, -0.25) is 4.99 Å². The maximum absolute atomic E-state index is 4.49. The van der Waals surface area contributed by atoms with Crippen LogP contribution in [0.15, 0.2) is 4.99 Å². The van der Waals surface area contributed by atoms with Crippen molar-refractivity contribution in [2.75, 3.05) is 7.05 Å². The summed E-state index contributed by atoms with van der Waals surface area (Å²) in [6.45, 7) is 11.2. The normalized spacial score (nSPS) is 12.0. The third-order valence-corrected chi connectivity index (χ3v) is 3.27. The highest BCUT2D eigenvalue weighted by atomic mass is 127. The SMILES string of the molecule is CN=C(NCc1nc(C)c(C)s1)NC(C)(C)C.I. The average Bonchev–Trinajstić information content (AvgIpc) is 2.51. The van der Waals surface area contributed by atoms with E-state index in [9.17, 15) is 0 Å². The summed E-state index contributed by atoms with van der Waals surface area (Å²) in [6.07, 6.45) is 0. The molecule has 0 atom stereocenters. The van der Waals surface area contributed by atoms with Crippen LogP contribution in [-0.2, 0) is 6.54 Å². The molecule has 0 bridgehead atoms. The molecule has 18 heavy (non-hydrogen) atoms. The van der Waals surface area contributed by atoms with E-state index in [1.54, 1.807) is 18.4 Å². The molecule has 0 aliphatic carbocycles. The number of guanidine groups is 1. The third-order valence-electron chi connectivity index (χ3n) is 2.20. The molecule has 0 radical (unpaired) electrons. The first-order chi connectivity index (χ1) is 7.81. The predicted octanol–water partition coefficient (Wildman–Crippen LogP) is 2.84. The van der Waals surface area contributed by atoms with Crippen molar-refractivity contribution < 1.29 is 0 Å². The molecule has 0 aliphatic heterocycles. The Balaban J connectivity index is 0.00000289.